The van der Waals surface area contributed by atoms with Gasteiger partial charge in [0.1, 0.15) is 0 Å². The van der Waals surface area contributed by atoms with Gasteiger partial charge in [0.25, 0.3) is 0 Å². The molecule has 13 rings (SSSR count). The van der Waals surface area contributed by atoms with Gasteiger partial charge >= 0.3 is 0 Å². The zero-order valence-corrected chi connectivity index (χ0v) is 37.3. The minimum Gasteiger partial charge on any atom is -0.310 e. The van der Waals surface area contributed by atoms with Crippen LogP contribution in [0.2, 0.25) is 0 Å². The Kier molecular flexibility index (Phi) is 9.54. The lowest BCUT2D eigenvalue weighted by Gasteiger charge is -2.27. The molecule has 68 heavy (non-hydrogen) atoms. The Bertz CT molecular complexity index is 4030. The molecule has 0 atom stereocenters. The van der Waals surface area contributed by atoms with Crippen molar-refractivity contribution in [3.8, 4) is 50.2 Å². The zero-order chi connectivity index (χ0) is 45.0. The summed E-state index contributed by atoms with van der Waals surface area (Å²) in [6.07, 6.45) is 0. The molecule has 2 heteroatoms. The summed E-state index contributed by atoms with van der Waals surface area (Å²) in [7, 11) is 0. The maximum Gasteiger partial charge on any atom is 0.0619 e. The first-order valence-corrected chi connectivity index (χ1v) is 23.4. The number of fused-ring (bicyclic) bond motifs is 7. The fourth-order valence-corrected chi connectivity index (χ4v) is 10.5. The number of aromatic nitrogens is 1. The molecule has 0 unspecified atom stereocenters. The van der Waals surface area contributed by atoms with Crippen LogP contribution in [0, 0.1) is 0 Å². The highest BCUT2D eigenvalue weighted by Crippen LogP contribution is 2.42. The summed E-state index contributed by atoms with van der Waals surface area (Å²) < 4.78 is 2.45. The maximum absolute atomic E-state index is 2.45. The molecule has 1 aromatic heterocycles. The fraction of sp³-hybridized carbons (Fsp3) is 0. The van der Waals surface area contributed by atoms with E-state index < -0.39 is 0 Å². The molecule has 0 saturated heterocycles. The molecule has 0 amide bonds. The van der Waals surface area contributed by atoms with Crippen molar-refractivity contribution in [1.82, 2.24) is 4.57 Å². The van der Waals surface area contributed by atoms with Crippen LogP contribution in [0.1, 0.15) is 0 Å². The summed E-state index contributed by atoms with van der Waals surface area (Å²) >= 11 is 0. The van der Waals surface area contributed by atoms with Gasteiger partial charge in [-0.25, -0.2) is 0 Å². The Labute approximate surface area is 395 Å². The van der Waals surface area contributed by atoms with Crippen molar-refractivity contribution in [3.05, 3.63) is 267 Å². The normalized spacial score (nSPS) is 11.5. The second kappa shape index (κ2) is 16.5. The van der Waals surface area contributed by atoms with Gasteiger partial charge in [-0.2, -0.15) is 0 Å². The molecule has 0 bridgehead atoms. The summed E-state index contributed by atoms with van der Waals surface area (Å²) in [5.74, 6) is 0. The van der Waals surface area contributed by atoms with Crippen LogP contribution in [-0.4, -0.2) is 4.57 Å². The first-order chi connectivity index (χ1) is 33.7. The molecule has 13 aromatic rings. The van der Waals surface area contributed by atoms with Crippen molar-refractivity contribution in [1.29, 1.82) is 0 Å². The monoisotopic (exact) mass is 864 g/mol. The molecule has 0 aliphatic heterocycles. The predicted molar refractivity (Wildman–Crippen MR) is 290 cm³/mol. The van der Waals surface area contributed by atoms with Crippen molar-refractivity contribution in [2.24, 2.45) is 0 Å². The zero-order valence-electron chi connectivity index (χ0n) is 37.3. The van der Waals surface area contributed by atoms with Crippen LogP contribution in [-0.2, 0) is 0 Å². The highest BCUT2D eigenvalue weighted by atomic mass is 15.1. The van der Waals surface area contributed by atoms with E-state index in [2.05, 4.69) is 276 Å². The Balaban J connectivity index is 0.929. The number of hydrogen-bond acceptors (Lipinski definition) is 1. The number of nitrogens with zero attached hydrogens (tertiary/aromatic N) is 2. The van der Waals surface area contributed by atoms with Crippen molar-refractivity contribution >= 4 is 71.2 Å². The minimum atomic E-state index is 1.08. The molecule has 0 aliphatic carbocycles. The predicted octanol–water partition coefficient (Wildman–Crippen LogP) is 18.4. The summed E-state index contributed by atoms with van der Waals surface area (Å²) in [6, 6.07) is 97.5. The van der Waals surface area contributed by atoms with Crippen LogP contribution < -0.4 is 4.90 Å². The Morgan fingerprint density at radius 3 is 1.40 bits per heavy atom. The van der Waals surface area contributed by atoms with Gasteiger partial charge in [-0.05, 0) is 132 Å². The van der Waals surface area contributed by atoms with E-state index in [1.165, 1.54) is 87.5 Å². The van der Waals surface area contributed by atoms with E-state index in [0.717, 1.165) is 33.9 Å². The third-order valence-electron chi connectivity index (χ3n) is 13.7. The molecule has 0 spiro atoms. The Hall–Kier alpha value is -8.98. The van der Waals surface area contributed by atoms with Gasteiger partial charge in [-0.3, -0.25) is 0 Å². The second-order valence-electron chi connectivity index (χ2n) is 17.7. The molecule has 318 valence electrons. The quantitative estimate of drug-likeness (QED) is 0.148. The summed E-state index contributed by atoms with van der Waals surface area (Å²) in [5.41, 5.74) is 16.3. The molecule has 0 radical (unpaired) electrons. The Morgan fingerprint density at radius 2 is 0.721 bits per heavy atom. The summed E-state index contributed by atoms with van der Waals surface area (Å²) in [4.78, 5) is 2.40. The lowest BCUT2D eigenvalue weighted by atomic mass is 9.95. The SMILES string of the molecule is c1cc(-c2ccc(N(c3cccc(-c4cccc(-n5c6ccccc6c6ccc7ccccc7c65)c4)c3)c3cccc(-c4cccc5ccccc45)c3)cc2)cc(-c2cccc3ccccc23)c1. The number of para-hydroxylation sites is 1. The first-order valence-electron chi connectivity index (χ1n) is 23.4. The number of hydrogen-bond donors (Lipinski definition) is 0. The van der Waals surface area contributed by atoms with Crippen molar-refractivity contribution in [2.75, 3.05) is 4.90 Å². The molecule has 12 aromatic carbocycles. The van der Waals surface area contributed by atoms with Crippen molar-refractivity contribution in [3.63, 3.8) is 0 Å². The lowest BCUT2D eigenvalue weighted by Crippen LogP contribution is -2.10. The van der Waals surface area contributed by atoms with Gasteiger partial charge in [0.15, 0.2) is 0 Å². The molecular weight excluding hydrogens is 821 g/mol. The maximum atomic E-state index is 2.45. The van der Waals surface area contributed by atoms with Crippen molar-refractivity contribution < 1.29 is 0 Å². The third kappa shape index (κ3) is 6.82. The average Bonchev–Trinajstić information content (AvgIpc) is 3.76. The lowest BCUT2D eigenvalue weighted by molar-refractivity contribution is 1.19. The topological polar surface area (TPSA) is 8.17 Å². The van der Waals surface area contributed by atoms with Crippen LogP contribution in [0.25, 0.3) is 104 Å². The van der Waals surface area contributed by atoms with Gasteiger partial charge < -0.3 is 9.47 Å². The second-order valence-corrected chi connectivity index (χ2v) is 17.7. The fourth-order valence-electron chi connectivity index (χ4n) is 10.5. The highest BCUT2D eigenvalue weighted by molar-refractivity contribution is 6.18. The molecule has 0 N–H and O–H groups in total. The van der Waals surface area contributed by atoms with Gasteiger partial charge in [0.05, 0.1) is 11.0 Å². The van der Waals surface area contributed by atoms with E-state index in [9.17, 15) is 0 Å². The summed E-state index contributed by atoms with van der Waals surface area (Å²) in [6.45, 7) is 0. The Morgan fingerprint density at radius 1 is 0.250 bits per heavy atom. The smallest absolute Gasteiger partial charge is 0.0619 e. The molecule has 0 saturated carbocycles. The molecule has 0 aliphatic rings. The van der Waals surface area contributed by atoms with Crippen molar-refractivity contribution in [2.45, 2.75) is 0 Å². The van der Waals surface area contributed by atoms with Gasteiger partial charge in [0.2, 0.25) is 0 Å². The number of benzene rings is 12. The molecule has 0 fully saturated rings. The highest BCUT2D eigenvalue weighted by Gasteiger charge is 2.18. The molecule has 2 nitrogen and oxygen atoms in total. The van der Waals surface area contributed by atoms with Crippen LogP contribution >= 0.6 is 0 Å². The first kappa shape index (κ1) is 39.4. The minimum absolute atomic E-state index is 1.08. The largest absolute Gasteiger partial charge is 0.310 e. The third-order valence-corrected chi connectivity index (χ3v) is 13.7. The van der Waals surface area contributed by atoms with Crippen LogP contribution in [0.4, 0.5) is 17.1 Å². The standard InChI is InChI=1S/C66H44N2/c1-4-28-58-46(15-1)18-13-32-60(58)52-23-9-20-49(41-52)45-35-38-54(39-36-45)67(56-26-12-24-53(44-56)61-33-14-19-47-16-2-5-29-59(47)61)55-25-10-21-50(42-55)51-22-11-27-57(43-51)68-65-34-8-7-31-63(65)64-40-37-48-17-3-6-30-62(48)66(64)68/h1-44H. The van der Waals surface area contributed by atoms with Crippen LogP contribution in [0.5, 0.6) is 0 Å². The van der Waals surface area contributed by atoms with Gasteiger partial charge in [-0.15, -0.1) is 0 Å². The molecular formula is C66H44N2. The summed E-state index contributed by atoms with van der Waals surface area (Å²) in [5, 5.41) is 9.99. The van der Waals surface area contributed by atoms with E-state index in [0.29, 0.717) is 0 Å². The van der Waals surface area contributed by atoms with E-state index in [1.807, 2.05) is 0 Å². The number of rotatable bonds is 8. The van der Waals surface area contributed by atoms with Gasteiger partial charge in [-0.1, -0.05) is 206 Å². The van der Waals surface area contributed by atoms with E-state index in [-0.39, 0.29) is 0 Å². The van der Waals surface area contributed by atoms with Crippen LogP contribution in [0.15, 0.2) is 267 Å². The van der Waals surface area contributed by atoms with Crippen LogP contribution in [0.3, 0.4) is 0 Å². The van der Waals surface area contributed by atoms with E-state index >= 15 is 0 Å². The average molecular weight is 865 g/mol. The van der Waals surface area contributed by atoms with E-state index in [4.69, 9.17) is 0 Å². The van der Waals surface area contributed by atoms with E-state index in [1.54, 1.807) is 0 Å². The molecule has 1 heterocycles. The van der Waals surface area contributed by atoms with Gasteiger partial charge in [0, 0.05) is 38.9 Å². The number of anilines is 3.